The van der Waals surface area contributed by atoms with Crippen molar-refractivity contribution in [1.29, 1.82) is 0 Å². The highest BCUT2D eigenvalue weighted by Crippen LogP contribution is 2.34. The minimum atomic E-state index is -2.98. The van der Waals surface area contributed by atoms with Crippen molar-refractivity contribution in [1.82, 2.24) is 30.2 Å². The predicted octanol–water partition coefficient (Wildman–Crippen LogP) is 5.82. The van der Waals surface area contributed by atoms with Crippen LogP contribution in [0.25, 0.3) is 11.0 Å². The van der Waals surface area contributed by atoms with Gasteiger partial charge in [-0.3, -0.25) is 0 Å². The lowest BCUT2D eigenvalue weighted by Crippen LogP contribution is -2.27. The second-order valence-corrected chi connectivity index (χ2v) is 12.3. The highest BCUT2D eigenvalue weighted by molar-refractivity contribution is 5.92. The highest BCUT2D eigenvalue weighted by Gasteiger charge is 2.29. The van der Waals surface area contributed by atoms with Crippen LogP contribution in [0.15, 0.2) is 49.1 Å². The number of nitrogens with zero attached hydrogens (tertiary/aromatic N) is 4. The van der Waals surface area contributed by atoms with Gasteiger partial charge in [-0.25, -0.2) is 28.5 Å². The molecule has 0 aliphatic carbocycles. The zero-order valence-electron chi connectivity index (χ0n) is 28.4. The summed E-state index contributed by atoms with van der Waals surface area (Å²) in [6.07, 6.45) is 5.39. The van der Waals surface area contributed by atoms with E-state index in [0.29, 0.717) is 29.4 Å². The summed E-state index contributed by atoms with van der Waals surface area (Å²) < 4.78 is 51.0. The molecular weight excluding hydrogens is 624 g/mol. The second kappa shape index (κ2) is 16.5. The zero-order chi connectivity index (χ0) is 34.7. The Morgan fingerprint density at radius 3 is 2.56 bits per heavy atom. The average molecular weight is 670 g/mol. The van der Waals surface area contributed by atoms with Gasteiger partial charge in [0.1, 0.15) is 36.6 Å². The van der Waals surface area contributed by atoms with Gasteiger partial charge >= 0.3 is 5.97 Å². The van der Waals surface area contributed by atoms with Crippen molar-refractivity contribution in [2.24, 2.45) is 0 Å². The molecule has 0 fully saturated rings. The maximum Gasteiger partial charge on any atom is 0.344 e. The molecule has 0 unspecified atom stereocenters. The summed E-state index contributed by atoms with van der Waals surface area (Å²) in [6, 6.07) is 7.67. The molecule has 0 aliphatic rings. The number of carbonyl (C=O) groups is 1. The molecule has 12 nitrogen and oxygen atoms in total. The third kappa shape index (κ3) is 10.5. The Bertz CT molecular complexity index is 1640. The Kier molecular flexibility index (Phi) is 12.5. The maximum atomic E-state index is 14.1. The van der Waals surface area contributed by atoms with Crippen molar-refractivity contribution in [2.45, 2.75) is 58.6 Å². The third-order valence-corrected chi connectivity index (χ3v) is 7.12. The quantitative estimate of drug-likeness (QED) is 0.0874. The first kappa shape index (κ1) is 36.3. The van der Waals surface area contributed by atoms with Crippen LogP contribution in [0.1, 0.15) is 51.7 Å². The number of benzene rings is 1. The number of halogens is 2. The summed E-state index contributed by atoms with van der Waals surface area (Å²) >= 11 is 0. The van der Waals surface area contributed by atoms with E-state index in [1.807, 2.05) is 13.2 Å². The largest absolute Gasteiger partial charge is 0.486 e. The zero-order valence-corrected chi connectivity index (χ0v) is 28.4. The van der Waals surface area contributed by atoms with Crippen LogP contribution in [-0.4, -0.2) is 83.4 Å². The van der Waals surface area contributed by atoms with Gasteiger partial charge in [0.15, 0.2) is 18.1 Å². The molecule has 1 aromatic carbocycles. The minimum Gasteiger partial charge on any atom is -0.486 e. The molecule has 0 atom stereocenters. The molecule has 3 N–H and O–H groups in total. The predicted molar refractivity (Wildman–Crippen MR) is 179 cm³/mol. The molecule has 4 aromatic rings. The number of aromatic nitrogens is 4. The Morgan fingerprint density at radius 1 is 1.02 bits per heavy atom. The molecule has 0 radical (unpaired) electrons. The molecule has 0 saturated carbocycles. The maximum absolute atomic E-state index is 14.1. The molecule has 3 heterocycles. The number of nitrogens with one attached hydrogen (secondary N) is 3. The van der Waals surface area contributed by atoms with E-state index in [9.17, 15) is 13.6 Å². The number of rotatable bonds is 18. The van der Waals surface area contributed by atoms with E-state index in [1.54, 1.807) is 39.0 Å². The van der Waals surface area contributed by atoms with Crippen LogP contribution in [0.3, 0.4) is 0 Å². The Labute approximate surface area is 279 Å². The first-order valence-corrected chi connectivity index (χ1v) is 15.9. The van der Waals surface area contributed by atoms with Crippen LogP contribution in [0.5, 0.6) is 17.4 Å². The van der Waals surface area contributed by atoms with Gasteiger partial charge in [-0.05, 0) is 78.1 Å². The van der Waals surface area contributed by atoms with Gasteiger partial charge in [0, 0.05) is 48.7 Å². The lowest BCUT2D eigenvalue weighted by atomic mass is 10.1. The van der Waals surface area contributed by atoms with Crippen molar-refractivity contribution in [2.75, 3.05) is 52.3 Å². The van der Waals surface area contributed by atoms with Crippen LogP contribution in [0, 0.1) is 0 Å². The Morgan fingerprint density at radius 2 is 1.81 bits per heavy atom. The monoisotopic (exact) mass is 669 g/mol. The van der Waals surface area contributed by atoms with Crippen molar-refractivity contribution in [3.05, 3.63) is 60.2 Å². The molecule has 0 spiro atoms. The van der Waals surface area contributed by atoms with Crippen LogP contribution < -0.4 is 24.8 Å². The molecule has 3 aromatic heterocycles. The lowest BCUT2D eigenvalue weighted by Gasteiger charge is -2.20. The topological polar surface area (TPSA) is 136 Å². The number of ether oxygens (including phenoxy) is 4. The van der Waals surface area contributed by atoms with E-state index in [-0.39, 0.29) is 43.4 Å². The Hall–Kier alpha value is -4.56. The van der Waals surface area contributed by atoms with Gasteiger partial charge < -0.3 is 39.5 Å². The number of fused-ring (bicyclic) bond motifs is 1. The summed E-state index contributed by atoms with van der Waals surface area (Å²) in [4.78, 5) is 30.9. The molecule has 0 amide bonds. The van der Waals surface area contributed by atoms with Gasteiger partial charge in [-0.15, -0.1) is 0 Å². The molecule has 48 heavy (non-hydrogen) atoms. The van der Waals surface area contributed by atoms with Gasteiger partial charge in [-0.2, -0.15) is 0 Å². The molecule has 4 rings (SSSR count). The van der Waals surface area contributed by atoms with Crippen molar-refractivity contribution >= 4 is 28.5 Å². The number of alkyl halides is 2. The number of anilines is 2. The third-order valence-electron chi connectivity index (χ3n) is 7.12. The van der Waals surface area contributed by atoms with Gasteiger partial charge in [0.2, 0.25) is 5.88 Å². The average Bonchev–Trinajstić information content (AvgIpc) is 3.45. The van der Waals surface area contributed by atoms with Crippen LogP contribution in [-0.2, 0) is 22.0 Å². The van der Waals surface area contributed by atoms with Gasteiger partial charge in [0.05, 0.1) is 5.39 Å². The molecule has 0 saturated heterocycles. The van der Waals surface area contributed by atoms with Crippen LogP contribution >= 0.6 is 0 Å². The normalized spacial score (nSPS) is 11.9. The Balaban J connectivity index is 1.49. The first-order valence-electron chi connectivity index (χ1n) is 15.9. The molecule has 0 bridgehead atoms. The van der Waals surface area contributed by atoms with E-state index in [0.717, 1.165) is 30.5 Å². The van der Waals surface area contributed by atoms with Crippen molar-refractivity contribution < 1.29 is 32.5 Å². The van der Waals surface area contributed by atoms with E-state index in [4.69, 9.17) is 18.9 Å². The molecular formula is C34H45F2N7O5. The second-order valence-electron chi connectivity index (χ2n) is 12.3. The number of H-pyrrole nitrogens is 1. The van der Waals surface area contributed by atoms with Crippen molar-refractivity contribution in [3.63, 3.8) is 0 Å². The van der Waals surface area contributed by atoms with E-state index in [1.165, 1.54) is 31.6 Å². The fraction of sp³-hybridized carbons (Fsp3) is 0.471. The fourth-order valence-electron chi connectivity index (χ4n) is 4.82. The number of aromatic amines is 1. The summed E-state index contributed by atoms with van der Waals surface area (Å²) in [7, 11) is 4.01. The smallest absolute Gasteiger partial charge is 0.344 e. The summed E-state index contributed by atoms with van der Waals surface area (Å²) in [5.41, 5.74) is 1.53. The number of hydrogen-bond donors (Lipinski definition) is 3. The fourth-order valence-corrected chi connectivity index (χ4v) is 4.82. The van der Waals surface area contributed by atoms with E-state index < -0.39 is 17.5 Å². The van der Waals surface area contributed by atoms with Gasteiger partial charge in [0.25, 0.3) is 5.92 Å². The first-order chi connectivity index (χ1) is 22.9. The number of carbonyl (C=O) groups excluding carboxylic acids is 1. The van der Waals surface area contributed by atoms with Crippen LogP contribution in [0.4, 0.5) is 20.3 Å². The highest BCUT2D eigenvalue weighted by atomic mass is 19.3. The summed E-state index contributed by atoms with van der Waals surface area (Å²) in [6.45, 7) is 9.02. The summed E-state index contributed by atoms with van der Waals surface area (Å²) in [5.74, 6) is -2.24. The number of hydrogen-bond acceptors (Lipinski definition) is 11. The summed E-state index contributed by atoms with van der Waals surface area (Å²) in [5, 5.41) is 7.39. The lowest BCUT2D eigenvalue weighted by molar-refractivity contribution is -0.157. The molecule has 260 valence electrons. The number of pyridine rings is 1. The standard InChI is InChI=1S/C34H45F2N7O5/c1-7-34(35,36)24-11-13-38-28(17-24)46-16-15-45-26-10-9-25(18-27(26)47-21-29(44)48-33(2,3)4)42-32-30-23(19-39-31(30)40-22-41-32)20-43(6)14-8-12-37-5/h9-11,13,17-19,22,37H,7-8,12,14-16,20-21H2,1-6H3,(H2,39,40,41,42). The van der Waals surface area contributed by atoms with Gasteiger partial charge in [-0.1, -0.05) is 6.92 Å². The minimum absolute atomic E-state index is 0.0260. The SMILES string of the molecule is CCC(F)(F)c1ccnc(OCCOc2ccc(Nc3ncnc4[nH]cc(CN(C)CCCNC)c34)cc2OCC(=O)OC(C)(C)C)c1. The molecule has 0 aliphatic heterocycles. The van der Waals surface area contributed by atoms with Crippen molar-refractivity contribution in [3.8, 4) is 17.4 Å². The van der Waals surface area contributed by atoms with E-state index in [2.05, 4.69) is 42.5 Å². The molecule has 14 heteroatoms. The van der Waals surface area contributed by atoms with E-state index >= 15 is 0 Å². The number of esters is 1. The van der Waals surface area contributed by atoms with Crippen LogP contribution in [0.2, 0.25) is 0 Å².